The fourth-order valence-corrected chi connectivity index (χ4v) is 2.16. The zero-order valence-corrected chi connectivity index (χ0v) is 10.4. The zero-order valence-electron chi connectivity index (χ0n) is 10.4. The maximum Gasteiger partial charge on any atom is 0.128 e. The number of aromatic nitrogens is 1. The van der Waals surface area contributed by atoms with E-state index >= 15 is 0 Å². The Balaban J connectivity index is 0.000000457. The molecule has 2 aliphatic rings. The summed E-state index contributed by atoms with van der Waals surface area (Å²) in [5, 5.41) is 0. The molecule has 0 bridgehead atoms. The van der Waals surface area contributed by atoms with Gasteiger partial charge in [-0.25, -0.2) is 4.98 Å². The smallest absolute Gasteiger partial charge is 0.128 e. The first-order valence-electron chi connectivity index (χ1n) is 6.10. The molecule has 0 unspecified atom stereocenters. The molecule has 0 atom stereocenters. The molecule has 3 nitrogen and oxygen atoms in total. The summed E-state index contributed by atoms with van der Waals surface area (Å²) in [4.78, 5) is 6.77. The Morgan fingerprint density at radius 1 is 1.31 bits per heavy atom. The summed E-state index contributed by atoms with van der Waals surface area (Å²) < 4.78 is 5.57. The van der Waals surface area contributed by atoms with Gasteiger partial charge < -0.3 is 9.64 Å². The highest BCUT2D eigenvalue weighted by atomic mass is 16.5. The normalized spacial score (nSPS) is 20.6. The summed E-state index contributed by atoms with van der Waals surface area (Å²) >= 11 is 0. The van der Waals surface area contributed by atoms with Gasteiger partial charge in [0.1, 0.15) is 11.4 Å². The summed E-state index contributed by atoms with van der Waals surface area (Å²) in [5.41, 5.74) is 1.28. The van der Waals surface area contributed by atoms with E-state index < -0.39 is 0 Å². The second-order valence-electron chi connectivity index (χ2n) is 4.27. The van der Waals surface area contributed by atoms with Gasteiger partial charge in [0.15, 0.2) is 0 Å². The van der Waals surface area contributed by atoms with Gasteiger partial charge in [0.25, 0.3) is 0 Å². The van der Waals surface area contributed by atoms with Crippen LogP contribution in [0, 0.1) is 6.92 Å². The second kappa shape index (κ2) is 4.42. The minimum atomic E-state index is 0.200. The van der Waals surface area contributed by atoms with Crippen molar-refractivity contribution >= 4 is 5.82 Å². The van der Waals surface area contributed by atoms with Crippen LogP contribution in [0.15, 0.2) is 18.2 Å². The molecule has 1 spiro atoms. The largest absolute Gasteiger partial charge is 0.371 e. The number of anilines is 1. The van der Waals surface area contributed by atoms with E-state index in [-0.39, 0.29) is 5.60 Å². The Morgan fingerprint density at radius 2 is 2.00 bits per heavy atom. The molecule has 1 aromatic rings. The Morgan fingerprint density at radius 3 is 2.50 bits per heavy atom. The first-order chi connectivity index (χ1) is 7.77. The average Bonchev–Trinajstić information content (AvgIpc) is 2.17. The Bertz CT molecular complexity index is 353. The van der Waals surface area contributed by atoms with Crippen molar-refractivity contribution in [1.29, 1.82) is 0 Å². The number of ether oxygens (including phenoxy) is 1. The van der Waals surface area contributed by atoms with Gasteiger partial charge in [-0.05, 0) is 19.1 Å². The van der Waals surface area contributed by atoms with E-state index in [4.69, 9.17) is 4.74 Å². The quantitative estimate of drug-likeness (QED) is 0.726. The van der Waals surface area contributed by atoms with Crippen LogP contribution in [0.5, 0.6) is 0 Å². The van der Waals surface area contributed by atoms with Crippen LogP contribution in [-0.4, -0.2) is 30.3 Å². The monoisotopic (exact) mass is 220 g/mol. The standard InChI is InChI=1S/C11H14N2O.C2H6/c1-9-3-2-4-10(12-9)13-7-11(8-13)5-6-14-11;1-2/h2-4H,5-8H2,1H3;1-2H3. The molecule has 0 saturated carbocycles. The van der Waals surface area contributed by atoms with Crippen LogP contribution in [0.3, 0.4) is 0 Å². The summed E-state index contributed by atoms with van der Waals surface area (Å²) in [7, 11) is 0. The molecule has 2 saturated heterocycles. The van der Waals surface area contributed by atoms with E-state index in [0.29, 0.717) is 0 Å². The summed E-state index contributed by atoms with van der Waals surface area (Å²) in [6, 6.07) is 6.15. The molecule has 0 aromatic carbocycles. The lowest BCUT2D eigenvalue weighted by Gasteiger charge is -2.55. The third-order valence-corrected chi connectivity index (χ3v) is 3.12. The lowest BCUT2D eigenvalue weighted by molar-refractivity contribution is -0.161. The van der Waals surface area contributed by atoms with Crippen LogP contribution in [0.25, 0.3) is 0 Å². The third kappa shape index (κ3) is 1.92. The van der Waals surface area contributed by atoms with Crippen molar-refractivity contribution < 1.29 is 4.74 Å². The minimum absolute atomic E-state index is 0.200. The molecule has 0 aliphatic carbocycles. The molecule has 3 heterocycles. The van der Waals surface area contributed by atoms with Crippen LogP contribution in [-0.2, 0) is 4.74 Å². The number of pyridine rings is 1. The number of nitrogens with zero attached hydrogens (tertiary/aromatic N) is 2. The van der Waals surface area contributed by atoms with Crippen molar-refractivity contribution in [3.8, 4) is 0 Å². The summed E-state index contributed by atoms with van der Waals surface area (Å²) in [5.74, 6) is 1.09. The number of aryl methyl sites for hydroxylation is 1. The van der Waals surface area contributed by atoms with Gasteiger partial charge in [-0.15, -0.1) is 0 Å². The van der Waals surface area contributed by atoms with Crippen molar-refractivity contribution in [2.75, 3.05) is 24.6 Å². The molecule has 3 heteroatoms. The maximum absolute atomic E-state index is 5.57. The van der Waals surface area contributed by atoms with Gasteiger partial charge in [-0.3, -0.25) is 0 Å². The van der Waals surface area contributed by atoms with Gasteiger partial charge in [0.2, 0.25) is 0 Å². The summed E-state index contributed by atoms with van der Waals surface area (Å²) in [6.45, 7) is 9.00. The molecule has 1 aromatic heterocycles. The maximum atomic E-state index is 5.57. The molecule has 0 N–H and O–H groups in total. The predicted molar refractivity (Wildman–Crippen MR) is 65.8 cm³/mol. The highest BCUT2D eigenvalue weighted by molar-refractivity contribution is 5.45. The molecule has 3 rings (SSSR count). The van der Waals surface area contributed by atoms with Crippen molar-refractivity contribution in [1.82, 2.24) is 4.98 Å². The SMILES string of the molecule is CC.Cc1cccc(N2CC3(CCO3)C2)n1. The Labute approximate surface area is 97.4 Å². The van der Waals surface area contributed by atoms with Crippen molar-refractivity contribution in [3.05, 3.63) is 23.9 Å². The van der Waals surface area contributed by atoms with Crippen LogP contribution in [0.4, 0.5) is 5.82 Å². The highest BCUT2D eigenvalue weighted by Gasteiger charge is 2.49. The van der Waals surface area contributed by atoms with E-state index in [2.05, 4.69) is 22.0 Å². The van der Waals surface area contributed by atoms with E-state index in [1.165, 1.54) is 6.42 Å². The van der Waals surface area contributed by atoms with Gasteiger partial charge in [-0.1, -0.05) is 19.9 Å². The number of rotatable bonds is 1. The lowest BCUT2D eigenvalue weighted by Crippen LogP contribution is -2.68. The molecular formula is C13H20N2O. The zero-order chi connectivity index (χ0) is 11.6. The molecule has 88 valence electrons. The van der Waals surface area contributed by atoms with E-state index in [9.17, 15) is 0 Å². The van der Waals surface area contributed by atoms with Crippen molar-refractivity contribution in [3.63, 3.8) is 0 Å². The van der Waals surface area contributed by atoms with Crippen molar-refractivity contribution in [2.24, 2.45) is 0 Å². The Hall–Kier alpha value is -1.09. The van der Waals surface area contributed by atoms with Gasteiger partial charge in [0.05, 0.1) is 19.7 Å². The Kier molecular flexibility index (Phi) is 3.15. The molecule has 16 heavy (non-hydrogen) atoms. The summed E-state index contributed by atoms with van der Waals surface area (Å²) in [6.07, 6.45) is 1.22. The van der Waals surface area contributed by atoms with Crippen LogP contribution < -0.4 is 4.90 Å². The van der Waals surface area contributed by atoms with Crippen molar-refractivity contribution in [2.45, 2.75) is 32.8 Å². The predicted octanol–water partition coefficient (Wildman–Crippen LogP) is 2.40. The topological polar surface area (TPSA) is 25.4 Å². The van der Waals surface area contributed by atoms with E-state index in [0.717, 1.165) is 31.2 Å². The van der Waals surface area contributed by atoms with Gasteiger partial charge in [-0.2, -0.15) is 0 Å². The fourth-order valence-electron chi connectivity index (χ4n) is 2.16. The highest BCUT2D eigenvalue weighted by Crippen LogP contribution is 2.37. The van der Waals surface area contributed by atoms with Crippen LogP contribution in [0.2, 0.25) is 0 Å². The fraction of sp³-hybridized carbons (Fsp3) is 0.615. The van der Waals surface area contributed by atoms with Gasteiger partial charge in [0, 0.05) is 12.1 Å². The molecular weight excluding hydrogens is 200 g/mol. The molecule has 0 radical (unpaired) electrons. The lowest BCUT2D eigenvalue weighted by atomic mass is 9.86. The molecule has 0 amide bonds. The third-order valence-electron chi connectivity index (χ3n) is 3.12. The molecule has 2 fully saturated rings. The first kappa shape index (κ1) is 11.4. The number of hydrogen-bond donors (Lipinski definition) is 0. The van der Waals surface area contributed by atoms with E-state index in [1.54, 1.807) is 0 Å². The first-order valence-corrected chi connectivity index (χ1v) is 6.10. The average molecular weight is 220 g/mol. The second-order valence-corrected chi connectivity index (χ2v) is 4.27. The van der Waals surface area contributed by atoms with Crippen LogP contribution >= 0.6 is 0 Å². The molecule has 2 aliphatic heterocycles. The minimum Gasteiger partial charge on any atom is -0.371 e. The van der Waals surface area contributed by atoms with Gasteiger partial charge >= 0.3 is 0 Å². The van der Waals surface area contributed by atoms with E-state index in [1.807, 2.05) is 26.8 Å². The number of hydrogen-bond acceptors (Lipinski definition) is 3. The van der Waals surface area contributed by atoms with Crippen LogP contribution in [0.1, 0.15) is 26.0 Å².